The fraction of sp³-hybridized carbons (Fsp3) is 0.556. The van der Waals surface area contributed by atoms with E-state index in [1.54, 1.807) is 6.20 Å². The van der Waals surface area contributed by atoms with E-state index in [0.717, 1.165) is 12.1 Å². The van der Waals surface area contributed by atoms with Gasteiger partial charge in [-0.1, -0.05) is 6.92 Å². The molecule has 4 heteroatoms. The zero-order chi connectivity index (χ0) is 9.90. The minimum absolute atomic E-state index is 0.354. The molecule has 1 aromatic rings. The lowest BCUT2D eigenvalue weighted by molar-refractivity contribution is -0.00619. The maximum atomic E-state index is 9.61. The molecule has 1 aromatic heterocycles. The average molecular weight is 182 g/mol. The van der Waals surface area contributed by atoms with Crippen molar-refractivity contribution < 1.29 is 10.2 Å². The van der Waals surface area contributed by atoms with Crippen molar-refractivity contribution >= 4 is 0 Å². The van der Waals surface area contributed by atoms with Crippen molar-refractivity contribution in [1.29, 1.82) is 0 Å². The fourth-order valence-corrected chi connectivity index (χ4v) is 0.896. The maximum Gasteiger partial charge on any atom is 0.128 e. The third-order valence-corrected chi connectivity index (χ3v) is 1.93. The molecule has 4 nitrogen and oxygen atoms in total. The summed E-state index contributed by atoms with van der Waals surface area (Å²) in [5.41, 5.74) is -0.0242. The average Bonchev–Trinajstić information content (AvgIpc) is 2.18. The molecule has 0 aliphatic heterocycles. The third kappa shape index (κ3) is 2.23. The summed E-state index contributed by atoms with van der Waals surface area (Å²) in [4.78, 5) is 8.10. The van der Waals surface area contributed by atoms with E-state index in [2.05, 4.69) is 9.97 Å². The van der Waals surface area contributed by atoms with Gasteiger partial charge in [-0.2, -0.15) is 0 Å². The second kappa shape index (κ2) is 3.81. The van der Waals surface area contributed by atoms with Gasteiger partial charge in [0.1, 0.15) is 5.60 Å². The van der Waals surface area contributed by atoms with Crippen molar-refractivity contribution in [2.75, 3.05) is 6.61 Å². The van der Waals surface area contributed by atoms with Crippen LogP contribution >= 0.6 is 0 Å². The first-order chi connectivity index (χ1) is 6.10. The lowest BCUT2D eigenvalue weighted by atomic mass is 10.0. The monoisotopic (exact) mass is 182 g/mol. The Labute approximate surface area is 77.3 Å². The van der Waals surface area contributed by atoms with Gasteiger partial charge in [0, 0.05) is 6.20 Å². The van der Waals surface area contributed by atoms with Crippen LogP contribution in [0.1, 0.15) is 25.2 Å². The van der Waals surface area contributed by atoms with Crippen LogP contribution in [0, 0.1) is 0 Å². The molecular formula is C9H14N2O2. The first-order valence-corrected chi connectivity index (χ1v) is 4.25. The van der Waals surface area contributed by atoms with Crippen molar-refractivity contribution in [3.63, 3.8) is 0 Å². The van der Waals surface area contributed by atoms with E-state index in [-0.39, 0.29) is 6.61 Å². The van der Waals surface area contributed by atoms with E-state index in [0.29, 0.717) is 5.69 Å². The SMILES string of the molecule is CCc1cnc([C@](C)(O)CO)cn1. The molecule has 0 spiro atoms. The minimum Gasteiger partial charge on any atom is -0.393 e. The van der Waals surface area contributed by atoms with E-state index in [1.165, 1.54) is 13.1 Å². The number of nitrogens with zero attached hydrogens (tertiary/aromatic N) is 2. The Kier molecular flexibility index (Phi) is 2.95. The highest BCUT2D eigenvalue weighted by Crippen LogP contribution is 2.15. The van der Waals surface area contributed by atoms with Gasteiger partial charge >= 0.3 is 0 Å². The molecule has 0 aliphatic carbocycles. The van der Waals surface area contributed by atoms with Crippen LogP contribution in [0.5, 0.6) is 0 Å². The van der Waals surface area contributed by atoms with Crippen molar-refractivity contribution in [2.24, 2.45) is 0 Å². The molecule has 1 heterocycles. The summed E-state index contributed by atoms with van der Waals surface area (Å²) in [7, 11) is 0. The van der Waals surface area contributed by atoms with Crippen LogP contribution in [-0.2, 0) is 12.0 Å². The van der Waals surface area contributed by atoms with Crippen LogP contribution < -0.4 is 0 Å². The summed E-state index contributed by atoms with van der Waals surface area (Å²) in [6.07, 6.45) is 3.92. The lowest BCUT2D eigenvalue weighted by Crippen LogP contribution is -2.27. The standard InChI is InChI=1S/C9H14N2O2/c1-3-7-4-11-8(5-10-7)9(2,13)6-12/h4-5,12-13H,3,6H2,1-2H3/t9-/m1/s1. The highest BCUT2D eigenvalue weighted by atomic mass is 16.3. The number of hydrogen-bond acceptors (Lipinski definition) is 4. The predicted octanol–water partition coefficient (Wildman–Crippen LogP) is 0.239. The minimum atomic E-state index is -1.29. The summed E-state index contributed by atoms with van der Waals surface area (Å²) in [6, 6.07) is 0. The van der Waals surface area contributed by atoms with Gasteiger partial charge in [-0.25, -0.2) is 0 Å². The number of aromatic nitrogens is 2. The number of aliphatic hydroxyl groups is 2. The highest BCUT2D eigenvalue weighted by molar-refractivity contribution is 5.09. The van der Waals surface area contributed by atoms with Crippen molar-refractivity contribution in [3.05, 3.63) is 23.8 Å². The van der Waals surface area contributed by atoms with Crippen molar-refractivity contribution in [3.8, 4) is 0 Å². The van der Waals surface area contributed by atoms with Crippen LogP contribution in [0.15, 0.2) is 12.4 Å². The molecule has 13 heavy (non-hydrogen) atoms. The van der Waals surface area contributed by atoms with Crippen molar-refractivity contribution in [2.45, 2.75) is 25.9 Å². The van der Waals surface area contributed by atoms with Crippen LogP contribution in [0.3, 0.4) is 0 Å². The largest absolute Gasteiger partial charge is 0.393 e. The molecule has 0 aliphatic rings. The first kappa shape index (κ1) is 10.1. The molecule has 2 N–H and O–H groups in total. The molecular weight excluding hydrogens is 168 g/mol. The van der Waals surface area contributed by atoms with Gasteiger partial charge in [-0.15, -0.1) is 0 Å². The summed E-state index contributed by atoms with van der Waals surface area (Å²) < 4.78 is 0. The molecule has 0 radical (unpaired) electrons. The normalized spacial score (nSPS) is 15.4. The van der Waals surface area contributed by atoms with Gasteiger partial charge in [0.2, 0.25) is 0 Å². The number of aryl methyl sites for hydroxylation is 1. The van der Waals surface area contributed by atoms with E-state index in [9.17, 15) is 5.11 Å². The fourth-order valence-electron chi connectivity index (χ4n) is 0.896. The molecule has 0 bridgehead atoms. The van der Waals surface area contributed by atoms with Gasteiger partial charge in [-0.05, 0) is 13.3 Å². The van der Waals surface area contributed by atoms with Gasteiger partial charge in [0.05, 0.1) is 24.2 Å². The third-order valence-electron chi connectivity index (χ3n) is 1.93. The summed E-state index contributed by atoms with van der Waals surface area (Å²) >= 11 is 0. The molecule has 0 saturated carbocycles. The highest BCUT2D eigenvalue weighted by Gasteiger charge is 2.23. The van der Waals surface area contributed by atoms with E-state index in [1.807, 2.05) is 6.92 Å². The molecule has 1 atom stereocenters. The van der Waals surface area contributed by atoms with Crippen molar-refractivity contribution in [1.82, 2.24) is 9.97 Å². The second-order valence-corrected chi connectivity index (χ2v) is 3.18. The smallest absolute Gasteiger partial charge is 0.128 e. The Morgan fingerprint density at radius 2 is 2.08 bits per heavy atom. The second-order valence-electron chi connectivity index (χ2n) is 3.18. The van der Waals surface area contributed by atoms with Crippen LogP contribution in [0.2, 0.25) is 0 Å². The number of aliphatic hydroxyl groups excluding tert-OH is 1. The number of hydrogen-bond donors (Lipinski definition) is 2. The summed E-state index contributed by atoms with van der Waals surface area (Å²) in [6.45, 7) is 3.13. The Balaban J connectivity index is 2.92. The summed E-state index contributed by atoms with van der Waals surface area (Å²) in [5, 5.41) is 18.5. The van der Waals surface area contributed by atoms with Crippen LogP contribution in [0.4, 0.5) is 0 Å². The zero-order valence-electron chi connectivity index (χ0n) is 7.86. The Bertz CT molecular complexity index is 269. The predicted molar refractivity (Wildman–Crippen MR) is 48.1 cm³/mol. The van der Waals surface area contributed by atoms with Gasteiger partial charge in [-0.3, -0.25) is 9.97 Å². The van der Waals surface area contributed by atoms with E-state index >= 15 is 0 Å². The molecule has 0 aromatic carbocycles. The molecule has 0 saturated heterocycles. The Morgan fingerprint density at radius 1 is 1.38 bits per heavy atom. The zero-order valence-corrected chi connectivity index (χ0v) is 7.86. The van der Waals surface area contributed by atoms with E-state index in [4.69, 9.17) is 5.11 Å². The van der Waals surface area contributed by atoms with Gasteiger partial charge in [0.15, 0.2) is 0 Å². The maximum absolute atomic E-state index is 9.61. The topological polar surface area (TPSA) is 66.2 Å². The Hall–Kier alpha value is -1.00. The molecule has 1 rings (SSSR count). The van der Waals surface area contributed by atoms with Gasteiger partial charge < -0.3 is 10.2 Å². The van der Waals surface area contributed by atoms with Crippen LogP contribution in [0.25, 0.3) is 0 Å². The molecule has 0 amide bonds. The molecule has 0 fully saturated rings. The lowest BCUT2D eigenvalue weighted by Gasteiger charge is -2.18. The molecule has 0 unspecified atom stereocenters. The Morgan fingerprint density at radius 3 is 2.46 bits per heavy atom. The van der Waals surface area contributed by atoms with E-state index < -0.39 is 5.60 Å². The number of rotatable bonds is 3. The van der Waals surface area contributed by atoms with Crippen LogP contribution in [-0.4, -0.2) is 26.8 Å². The van der Waals surface area contributed by atoms with Gasteiger partial charge in [0.25, 0.3) is 0 Å². The quantitative estimate of drug-likeness (QED) is 0.702. The molecule has 72 valence electrons. The first-order valence-electron chi connectivity index (χ1n) is 4.25. The summed E-state index contributed by atoms with van der Waals surface area (Å²) in [5.74, 6) is 0.